The number of anilines is 3. The van der Waals surface area contributed by atoms with Crippen LogP contribution in [0, 0.1) is 0 Å². The van der Waals surface area contributed by atoms with Gasteiger partial charge in [-0.3, -0.25) is 0 Å². The molecule has 29 heavy (non-hydrogen) atoms. The van der Waals surface area contributed by atoms with Crippen LogP contribution in [0.1, 0.15) is 24.2 Å². The Morgan fingerprint density at radius 3 is 2.55 bits per heavy atom. The molecule has 2 amide bonds. The van der Waals surface area contributed by atoms with Gasteiger partial charge < -0.3 is 20.4 Å². The van der Waals surface area contributed by atoms with Gasteiger partial charge in [-0.25, -0.2) is 4.79 Å². The number of benzene rings is 1. The minimum atomic E-state index is -4.48. The summed E-state index contributed by atoms with van der Waals surface area (Å²) in [5, 5.41) is 4.96. The molecule has 1 fully saturated rings. The Kier molecular flexibility index (Phi) is 6.04. The average molecular weight is 409 g/mol. The standard InChI is InChI=1S/C18H22F3N7O/c1-27(2)15-24-14(25-16(26-15)28-8-3-4-9-28)11-22-17(29)23-13-7-5-6-12(10-13)18(19,20)21/h5-7,10H,3-4,8-9,11H2,1-2H3,(H2,22,23,29). The number of amides is 2. The number of nitrogens with one attached hydrogen (secondary N) is 2. The van der Waals surface area contributed by atoms with Crippen molar-refractivity contribution in [1.82, 2.24) is 20.3 Å². The fraction of sp³-hybridized carbons (Fsp3) is 0.444. The maximum Gasteiger partial charge on any atom is 0.416 e. The summed E-state index contributed by atoms with van der Waals surface area (Å²) in [6, 6.07) is 3.77. The number of carbonyl (C=O) groups excluding carboxylic acids is 1. The van der Waals surface area contributed by atoms with Gasteiger partial charge >= 0.3 is 12.2 Å². The molecule has 0 atom stereocenters. The van der Waals surface area contributed by atoms with Crippen LogP contribution in [0.15, 0.2) is 24.3 Å². The van der Waals surface area contributed by atoms with Crippen molar-refractivity contribution in [2.45, 2.75) is 25.6 Å². The largest absolute Gasteiger partial charge is 0.416 e. The summed E-state index contributed by atoms with van der Waals surface area (Å²) in [6.07, 6.45) is -2.35. The van der Waals surface area contributed by atoms with Crippen molar-refractivity contribution in [1.29, 1.82) is 0 Å². The molecule has 8 nitrogen and oxygen atoms in total. The predicted molar refractivity (Wildman–Crippen MR) is 103 cm³/mol. The van der Waals surface area contributed by atoms with Crippen LogP contribution in [-0.4, -0.2) is 48.2 Å². The molecular weight excluding hydrogens is 387 g/mol. The molecule has 3 rings (SSSR count). The number of hydrogen-bond acceptors (Lipinski definition) is 6. The van der Waals surface area contributed by atoms with E-state index in [2.05, 4.69) is 30.5 Å². The van der Waals surface area contributed by atoms with Crippen LogP contribution in [-0.2, 0) is 12.7 Å². The van der Waals surface area contributed by atoms with E-state index in [1.165, 1.54) is 12.1 Å². The molecule has 1 aromatic carbocycles. The maximum absolute atomic E-state index is 12.8. The first-order valence-corrected chi connectivity index (χ1v) is 9.12. The first-order chi connectivity index (χ1) is 13.7. The van der Waals surface area contributed by atoms with Crippen LogP contribution >= 0.6 is 0 Å². The second-order valence-corrected chi connectivity index (χ2v) is 6.83. The van der Waals surface area contributed by atoms with Gasteiger partial charge in [0.15, 0.2) is 5.82 Å². The number of halogens is 3. The molecule has 1 saturated heterocycles. The molecule has 0 radical (unpaired) electrons. The number of alkyl halides is 3. The van der Waals surface area contributed by atoms with E-state index >= 15 is 0 Å². The average Bonchev–Trinajstić information content (AvgIpc) is 3.20. The molecule has 156 valence electrons. The van der Waals surface area contributed by atoms with Crippen LogP contribution in [0.4, 0.5) is 35.5 Å². The van der Waals surface area contributed by atoms with Gasteiger partial charge in [0.2, 0.25) is 11.9 Å². The zero-order chi connectivity index (χ0) is 21.0. The van der Waals surface area contributed by atoms with Gasteiger partial charge in [-0.2, -0.15) is 28.1 Å². The molecule has 11 heteroatoms. The molecule has 2 aromatic rings. The fourth-order valence-corrected chi connectivity index (χ4v) is 2.84. The summed E-state index contributed by atoms with van der Waals surface area (Å²) in [6.45, 7) is 1.73. The highest BCUT2D eigenvalue weighted by Crippen LogP contribution is 2.30. The van der Waals surface area contributed by atoms with E-state index in [0.717, 1.165) is 38.1 Å². The summed E-state index contributed by atoms with van der Waals surface area (Å²) in [5.74, 6) is 1.39. The summed E-state index contributed by atoms with van der Waals surface area (Å²) >= 11 is 0. The summed E-state index contributed by atoms with van der Waals surface area (Å²) < 4.78 is 38.4. The molecular formula is C18H22F3N7O. The highest BCUT2D eigenvalue weighted by atomic mass is 19.4. The molecule has 2 N–H and O–H groups in total. The van der Waals surface area contributed by atoms with Crippen molar-refractivity contribution >= 4 is 23.6 Å². The zero-order valence-corrected chi connectivity index (χ0v) is 16.1. The van der Waals surface area contributed by atoms with Gasteiger partial charge in [0.1, 0.15) is 0 Å². The maximum atomic E-state index is 12.8. The first kappa shape index (κ1) is 20.6. The van der Waals surface area contributed by atoms with Crippen LogP contribution < -0.4 is 20.4 Å². The van der Waals surface area contributed by atoms with Gasteiger partial charge in [0.05, 0.1) is 12.1 Å². The Bertz CT molecular complexity index is 867. The van der Waals surface area contributed by atoms with E-state index in [0.29, 0.717) is 17.7 Å². The van der Waals surface area contributed by atoms with Crippen molar-refractivity contribution in [3.8, 4) is 0 Å². The molecule has 1 aliphatic rings. The molecule has 1 aromatic heterocycles. The van der Waals surface area contributed by atoms with Crippen LogP contribution in [0.3, 0.4) is 0 Å². The van der Waals surface area contributed by atoms with E-state index in [1.54, 1.807) is 19.0 Å². The quantitative estimate of drug-likeness (QED) is 0.790. The van der Waals surface area contributed by atoms with Gasteiger partial charge in [-0.15, -0.1) is 0 Å². The summed E-state index contributed by atoms with van der Waals surface area (Å²) in [4.78, 5) is 29.1. The van der Waals surface area contributed by atoms with E-state index in [9.17, 15) is 18.0 Å². The van der Waals surface area contributed by atoms with Gasteiger partial charge in [-0.05, 0) is 31.0 Å². The Morgan fingerprint density at radius 2 is 1.90 bits per heavy atom. The fourth-order valence-electron chi connectivity index (χ4n) is 2.84. The van der Waals surface area contributed by atoms with Crippen molar-refractivity contribution in [3.05, 3.63) is 35.7 Å². The number of nitrogens with zero attached hydrogens (tertiary/aromatic N) is 5. The van der Waals surface area contributed by atoms with Crippen LogP contribution in [0.2, 0.25) is 0 Å². The molecule has 0 unspecified atom stereocenters. The van der Waals surface area contributed by atoms with Crippen molar-refractivity contribution in [3.63, 3.8) is 0 Å². The number of aromatic nitrogens is 3. The SMILES string of the molecule is CN(C)c1nc(CNC(=O)Nc2cccc(C(F)(F)F)c2)nc(N2CCCC2)n1. The van der Waals surface area contributed by atoms with Crippen LogP contribution in [0.25, 0.3) is 0 Å². The van der Waals surface area contributed by atoms with Gasteiger partial charge in [0.25, 0.3) is 0 Å². The highest BCUT2D eigenvalue weighted by Gasteiger charge is 2.30. The lowest BCUT2D eigenvalue weighted by Gasteiger charge is -2.19. The Balaban J connectivity index is 1.66. The van der Waals surface area contributed by atoms with Gasteiger partial charge in [-0.1, -0.05) is 6.07 Å². The minimum Gasteiger partial charge on any atom is -0.347 e. The highest BCUT2D eigenvalue weighted by molar-refractivity contribution is 5.89. The topological polar surface area (TPSA) is 86.3 Å². The van der Waals surface area contributed by atoms with E-state index in [4.69, 9.17) is 0 Å². The lowest BCUT2D eigenvalue weighted by Crippen LogP contribution is -2.30. The Hall–Kier alpha value is -3.11. The molecule has 0 bridgehead atoms. The predicted octanol–water partition coefficient (Wildman–Crippen LogP) is 2.88. The number of hydrogen-bond donors (Lipinski definition) is 2. The van der Waals surface area contributed by atoms with Crippen LogP contribution in [0.5, 0.6) is 0 Å². The minimum absolute atomic E-state index is 0.00892. The lowest BCUT2D eigenvalue weighted by molar-refractivity contribution is -0.137. The lowest BCUT2D eigenvalue weighted by atomic mass is 10.2. The summed E-state index contributed by atoms with van der Waals surface area (Å²) in [5.41, 5.74) is -0.793. The molecule has 0 aliphatic carbocycles. The van der Waals surface area contributed by atoms with E-state index in [1.807, 2.05) is 0 Å². The zero-order valence-electron chi connectivity index (χ0n) is 16.1. The summed E-state index contributed by atoms with van der Waals surface area (Å²) in [7, 11) is 3.61. The van der Waals surface area contributed by atoms with Crippen molar-refractivity contribution in [2.24, 2.45) is 0 Å². The first-order valence-electron chi connectivity index (χ1n) is 9.12. The van der Waals surface area contributed by atoms with E-state index in [-0.39, 0.29) is 12.2 Å². The molecule has 2 heterocycles. The second-order valence-electron chi connectivity index (χ2n) is 6.83. The van der Waals surface area contributed by atoms with Crippen molar-refractivity contribution in [2.75, 3.05) is 42.3 Å². The molecule has 0 spiro atoms. The molecule has 0 saturated carbocycles. The molecule has 1 aliphatic heterocycles. The third kappa shape index (κ3) is 5.46. The monoisotopic (exact) mass is 409 g/mol. The number of carbonyl (C=O) groups is 1. The number of urea groups is 1. The third-order valence-corrected chi connectivity index (χ3v) is 4.30. The number of rotatable bonds is 5. The smallest absolute Gasteiger partial charge is 0.347 e. The normalized spacial score (nSPS) is 14.0. The van der Waals surface area contributed by atoms with E-state index < -0.39 is 17.8 Å². The second kappa shape index (κ2) is 8.50. The Morgan fingerprint density at radius 1 is 1.17 bits per heavy atom. The van der Waals surface area contributed by atoms with Crippen molar-refractivity contribution < 1.29 is 18.0 Å². The Labute approximate surface area is 166 Å². The van der Waals surface area contributed by atoms with Gasteiger partial charge in [0, 0.05) is 32.9 Å². The third-order valence-electron chi connectivity index (χ3n) is 4.30.